The Morgan fingerprint density at radius 1 is 1.00 bits per heavy atom. The first-order valence-corrected chi connectivity index (χ1v) is 7.44. The molecule has 0 aliphatic rings. The molecule has 25 heavy (non-hydrogen) atoms. The van der Waals surface area contributed by atoms with Crippen LogP contribution in [0.15, 0.2) is 60.9 Å². The van der Waals surface area contributed by atoms with Crippen LogP contribution in [0.5, 0.6) is 0 Å². The quantitative estimate of drug-likeness (QED) is 0.523. The van der Waals surface area contributed by atoms with Crippen molar-refractivity contribution in [2.24, 2.45) is 0 Å². The molecule has 0 fully saturated rings. The van der Waals surface area contributed by atoms with Gasteiger partial charge in [-0.15, -0.1) is 0 Å². The molecule has 0 aliphatic heterocycles. The second-order valence-electron chi connectivity index (χ2n) is 5.12. The average Bonchev–Trinajstić information content (AvgIpc) is 2.62. The van der Waals surface area contributed by atoms with E-state index >= 15 is 0 Å². The summed E-state index contributed by atoms with van der Waals surface area (Å²) in [6.45, 7) is 0.359. The van der Waals surface area contributed by atoms with E-state index < -0.39 is 10.7 Å². The van der Waals surface area contributed by atoms with E-state index in [1.807, 2.05) is 30.3 Å². The Hall–Kier alpha value is -3.55. The largest absolute Gasteiger partial charge is 0.360 e. The number of nitro groups is 1. The number of hydrogen-bond acceptors (Lipinski definition) is 6. The molecule has 0 amide bonds. The highest BCUT2D eigenvalue weighted by molar-refractivity contribution is 5.73. The van der Waals surface area contributed by atoms with E-state index in [1.54, 1.807) is 6.07 Å². The molecule has 8 heteroatoms. The zero-order valence-corrected chi connectivity index (χ0v) is 13.0. The molecule has 2 aromatic carbocycles. The molecule has 3 aromatic rings. The highest BCUT2D eigenvalue weighted by Crippen LogP contribution is 2.31. The van der Waals surface area contributed by atoms with E-state index in [-0.39, 0.29) is 23.0 Å². The van der Waals surface area contributed by atoms with Gasteiger partial charge in [0, 0.05) is 6.54 Å². The van der Waals surface area contributed by atoms with E-state index in [0.29, 0.717) is 6.54 Å². The lowest BCUT2D eigenvalue weighted by Gasteiger charge is -2.10. The van der Waals surface area contributed by atoms with Crippen molar-refractivity contribution in [1.29, 1.82) is 0 Å². The van der Waals surface area contributed by atoms with Crippen LogP contribution in [-0.2, 0) is 6.54 Å². The molecule has 126 valence electrons. The molecule has 0 aliphatic carbocycles. The van der Waals surface area contributed by atoms with Crippen molar-refractivity contribution in [3.63, 3.8) is 0 Å². The fourth-order valence-electron chi connectivity index (χ4n) is 2.24. The topological polar surface area (TPSA) is 93.0 Å². The highest BCUT2D eigenvalue weighted by Gasteiger charge is 2.23. The predicted molar refractivity (Wildman–Crippen MR) is 92.1 cm³/mol. The van der Waals surface area contributed by atoms with Crippen molar-refractivity contribution in [2.45, 2.75) is 6.54 Å². The lowest BCUT2D eigenvalue weighted by Crippen LogP contribution is -2.08. The molecule has 0 saturated carbocycles. The maximum absolute atomic E-state index is 13.8. The Balaban J connectivity index is 1.89. The lowest BCUT2D eigenvalue weighted by molar-refractivity contribution is -0.383. The summed E-state index contributed by atoms with van der Waals surface area (Å²) in [5, 5.41) is 17.1. The summed E-state index contributed by atoms with van der Waals surface area (Å²) in [5.74, 6) is -0.558. The molecule has 3 rings (SSSR count). The number of hydrogen-bond donors (Lipinski definition) is 2. The fraction of sp³-hybridized carbons (Fsp3) is 0.0588. The molecule has 2 N–H and O–H groups in total. The van der Waals surface area contributed by atoms with Crippen molar-refractivity contribution in [3.05, 3.63) is 82.4 Å². The summed E-state index contributed by atoms with van der Waals surface area (Å²) in [4.78, 5) is 18.7. The second-order valence-corrected chi connectivity index (χ2v) is 5.12. The van der Waals surface area contributed by atoms with Gasteiger partial charge in [-0.1, -0.05) is 42.5 Å². The first-order chi connectivity index (χ1) is 12.1. The van der Waals surface area contributed by atoms with Crippen LogP contribution < -0.4 is 10.6 Å². The van der Waals surface area contributed by atoms with E-state index in [4.69, 9.17) is 0 Å². The highest BCUT2D eigenvalue weighted by atomic mass is 19.1. The minimum atomic E-state index is -0.601. The van der Waals surface area contributed by atoms with E-state index in [9.17, 15) is 14.5 Å². The van der Waals surface area contributed by atoms with E-state index in [2.05, 4.69) is 20.6 Å². The molecule has 0 atom stereocenters. The van der Waals surface area contributed by atoms with Gasteiger partial charge >= 0.3 is 5.69 Å². The summed E-state index contributed by atoms with van der Waals surface area (Å²) in [7, 11) is 0. The molecule has 0 radical (unpaired) electrons. The van der Waals surface area contributed by atoms with E-state index in [0.717, 1.165) is 5.56 Å². The lowest BCUT2D eigenvalue weighted by atomic mass is 10.2. The summed E-state index contributed by atoms with van der Waals surface area (Å²) in [5.41, 5.74) is 0.694. The summed E-state index contributed by atoms with van der Waals surface area (Å²) in [6, 6.07) is 15.3. The first kappa shape index (κ1) is 16.3. The van der Waals surface area contributed by atoms with Crippen molar-refractivity contribution >= 4 is 23.0 Å². The third-order valence-corrected chi connectivity index (χ3v) is 3.43. The van der Waals surface area contributed by atoms with Crippen LogP contribution in [0.25, 0.3) is 0 Å². The van der Waals surface area contributed by atoms with Gasteiger partial charge in [-0.25, -0.2) is 14.4 Å². The Kier molecular flexibility index (Phi) is 4.79. The van der Waals surface area contributed by atoms with Gasteiger partial charge in [0.2, 0.25) is 11.6 Å². The summed E-state index contributed by atoms with van der Waals surface area (Å²) < 4.78 is 13.8. The van der Waals surface area contributed by atoms with Gasteiger partial charge in [0.25, 0.3) is 0 Å². The molecular formula is C17H14FN5O2. The van der Waals surface area contributed by atoms with Gasteiger partial charge in [0.15, 0.2) is 0 Å². The Bertz CT molecular complexity index is 889. The number of benzene rings is 2. The molecule has 0 unspecified atom stereocenters. The number of halogens is 1. The maximum atomic E-state index is 13.8. The standard InChI is InChI=1S/C17H14FN5O2/c18-13-8-4-5-9-14(13)22-17-15(23(24)25)16(20-11-21-17)19-10-12-6-2-1-3-7-12/h1-9,11H,10H2,(H2,19,20,21,22). The van der Waals surface area contributed by atoms with Crippen LogP contribution in [0.2, 0.25) is 0 Å². The van der Waals surface area contributed by atoms with Gasteiger partial charge in [0.1, 0.15) is 12.1 Å². The molecule has 7 nitrogen and oxygen atoms in total. The normalized spacial score (nSPS) is 10.3. The zero-order valence-electron chi connectivity index (χ0n) is 13.0. The van der Waals surface area contributed by atoms with Crippen LogP contribution >= 0.6 is 0 Å². The Morgan fingerprint density at radius 2 is 1.68 bits per heavy atom. The number of nitrogens with one attached hydrogen (secondary N) is 2. The average molecular weight is 339 g/mol. The van der Waals surface area contributed by atoms with Crippen LogP contribution in [0.3, 0.4) is 0 Å². The monoisotopic (exact) mass is 339 g/mol. The fourth-order valence-corrected chi connectivity index (χ4v) is 2.24. The van der Waals surface area contributed by atoms with Gasteiger partial charge < -0.3 is 10.6 Å². The van der Waals surface area contributed by atoms with Crippen molar-refractivity contribution < 1.29 is 9.31 Å². The molecule has 0 bridgehead atoms. The third kappa shape index (κ3) is 3.86. The van der Waals surface area contributed by atoms with Crippen molar-refractivity contribution in [1.82, 2.24) is 9.97 Å². The Labute approximate surface area is 142 Å². The van der Waals surface area contributed by atoms with Crippen LogP contribution in [0.4, 0.5) is 27.4 Å². The molecule has 0 spiro atoms. The van der Waals surface area contributed by atoms with Crippen LogP contribution in [-0.4, -0.2) is 14.9 Å². The third-order valence-electron chi connectivity index (χ3n) is 3.43. The van der Waals surface area contributed by atoms with Gasteiger partial charge in [0.05, 0.1) is 10.6 Å². The SMILES string of the molecule is O=[N+]([O-])c1c(NCc2ccccc2)ncnc1Nc1ccccc1F. The number of rotatable bonds is 6. The molecular weight excluding hydrogens is 325 g/mol. The summed E-state index contributed by atoms with van der Waals surface area (Å²) >= 11 is 0. The molecule has 1 aromatic heterocycles. The predicted octanol–water partition coefficient (Wildman–Crippen LogP) is 3.88. The van der Waals surface area contributed by atoms with Gasteiger partial charge in [-0.05, 0) is 17.7 Å². The first-order valence-electron chi connectivity index (χ1n) is 7.44. The summed E-state index contributed by atoms with van der Waals surface area (Å²) in [6.07, 6.45) is 1.18. The maximum Gasteiger partial charge on any atom is 0.353 e. The number of anilines is 3. The minimum absolute atomic E-state index is 0.0580. The Morgan fingerprint density at radius 3 is 2.40 bits per heavy atom. The second kappa shape index (κ2) is 7.35. The van der Waals surface area contributed by atoms with Crippen molar-refractivity contribution in [3.8, 4) is 0 Å². The van der Waals surface area contributed by atoms with Gasteiger partial charge in [-0.2, -0.15) is 0 Å². The van der Waals surface area contributed by atoms with E-state index in [1.165, 1.54) is 24.5 Å². The zero-order chi connectivity index (χ0) is 17.6. The van der Waals surface area contributed by atoms with Crippen molar-refractivity contribution in [2.75, 3.05) is 10.6 Å². The van der Waals surface area contributed by atoms with Gasteiger partial charge in [-0.3, -0.25) is 10.1 Å². The smallest absolute Gasteiger partial charge is 0.353 e. The minimum Gasteiger partial charge on any atom is -0.360 e. The number of aromatic nitrogens is 2. The molecule has 0 saturated heterocycles. The van der Waals surface area contributed by atoms with Crippen LogP contribution in [0.1, 0.15) is 5.56 Å². The number of nitrogens with zero attached hydrogens (tertiary/aromatic N) is 3. The molecule has 1 heterocycles. The number of para-hydroxylation sites is 1. The van der Waals surface area contributed by atoms with Crippen LogP contribution in [0, 0.1) is 15.9 Å².